The van der Waals surface area contributed by atoms with Gasteiger partial charge in [-0.2, -0.15) is 0 Å². The Morgan fingerprint density at radius 1 is 1.25 bits per heavy atom. The molecule has 0 saturated carbocycles. The average molecular weight is 331 g/mol. The van der Waals surface area contributed by atoms with Gasteiger partial charge in [0.05, 0.1) is 0 Å². The monoisotopic (exact) mass is 330 g/mol. The van der Waals surface area contributed by atoms with E-state index in [9.17, 15) is 0 Å². The van der Waals surface area contributed by atoms with Gasteiger partial charge < -0.3 is 10.6 Å². The van der Waals surface area contributed by atoms with Gasteiger partial charge in [0.15, 0.2) is 0 Å². The maximum Gasteiger partial charge on any atom is 0.225 e. The number of nitrogens with zero attached hydrogens (tertiary/aromatic N) is 3. The minimum Gasteiger partial charge on any atom is -0.339 e. The summed E-state index contributed by atoms with van der Waals surface area (Å²) in [6, 6.07) is 8.40. The second kappa shape index (κ2) is 4.27. The summed E-state index contributed by atoms with van der Waals surface area (Å²) in [5.74, 6) is 0.808. The molecule has 102 valence electrons. The van der Waals surface area contributed by atoms with Crippen LogP contribution in [0.4, 0.5) is 5.95 Å². The molecule has 1 saturated heterocycles. The van der Waals surface area contributed by atoms with Crippen LogP contribution >= 0.6 is 15.9 Å². The van der Waals surface area contributed by atoms with Gasteiger partial charge in [-0.1, -0.05) is 22.0 Å². The normalized spacial score (nSPS) is 22.7. The average Bonchev–Trinajstić information content (AvgIpc) is 2.72. The van der Waals surface area contributed by atoms with Crippen LogP contribution in [-0.2, 0) is 6.42 Å². The number of aromatic nitrogens is 2. The molecule has 1 unspecified atom stereocenters. The van der Waals surface area contributed by atoms with Crippen molar-refractivity contribution in [1.82, 2.24) is 9.97 Å². The van der Waals surface area contributed by atoms with Gasteiger partial charge in [0, 0.05) is 41.4 Å². The highest BCUT2D eigenvalue weighted by Gasteiger charge is 2.53. The highest BCUT2D eigenvalue weighted by Crippen LogP contribution is 2.50. The van der Waals surface area contributed by atoms with Gasteiger partial charge >= 0.3 is 0 Å². The predicted octanol–water partition coefficient (Wildman–Crippen LogP) is 2.30. The van der Waals surface area contributed by atoms with E-state index in [-0.39, 0.29) is 11.5 Å². The van der Waals surface area contributed by atoms with Crippen molar-refractivity contribution >= 4 is 21.9 Å². The Morgan fingerprint density at radius 3 is 2.75 bits per heavy atom. The van der Waals surface area contributed by atoms with Crippen LogP contribution in [0.2, 0.25) is 0 Å². The molecule has 1 aliphatic carbocycles. The third-order valence-corrected chi connectivity index (χ3v) is 4.98. The Bertz CT molecular complexity index is 652. The van der Waals surface area contributed by atoms with Crippen molar-refractivity contribution in [3.05, 3.63) is 52.3 Å². The van der Waals surface area contributed by atoms with E-state index in [2.05, 4.69) is 49.0 Å². The van der Waals surface area contributed by atoms with Crippen LogP contribution in [0.5, 0.6) is 0 Å². The molecule has 0 bridgehead atoms. The first-order valence-corrected chi connectivity index (χ1v) is 7.53. The molecule has 4 nitrogen and oxygen atoms in total. The maximum absolute atomic E-state index is 6.51. The number of benzene rings is 1. The molecular formula is C15H15BrN4. The van der Waals surface area contributed by atoms with Crippen LogP contribution in [0.25, 0.3) is 0 Å². The highest BCUT2D eigenvalue weighted by atomic mass is 79.9. The van der Waals surface area contributed by atoms with E-state index in [0.29, 0.717) is 0 Å². The molecule has 5 heteroatoms. The first-order valence-electron chi connectivity index (χ1n) is 6.74. The summed E-state index contributed by atoms with van der Waals surface area (Å²) in [7, 11) is 0. The molecule has 2 N–H and O–H groups in total. The number of hydrogen-bond acceptors (Lipinski definition) is 4. The van der Waals surface area contributed by atoms with Crippen LogP contribution < -0.4 is 10.6 Å². The zero-order valence-electron chi connectivity index (χ0n) is 11.0. The Morgan fingerprint density at radius 2 is 2.00 bits per heavy atom. The minimum absolute atomic E-state index is 0.106. The molecule has 1 spiro atoms. The molecule has 4 rings (SSSR count). The summed E-state index contributed by atoms with van der Waals surface area (Å²) in [5.41, 5.74) is 9.33. The van der Waals surface area contributed by atoms with Crippen molar-refractivity contribution in [2.45, 2.75) is 12.5 Å². The van der Waals surface area contributed by atoms with E-state index < -0.39 is 0 Å². The lowest BCUT2D eigenvalue weighted by Gasteiger charge is -2.50. The highest BCUT2D eigenvalue weighted by molar-refractivity contribution is 9.10. The molecular weight excluding hydrogens is 316 g/mol. The summed E-state index contributed by atoms with van der Waals surface area (Å²) in [6.45, 7) is 1.87. The number of fused-ring (bicyclic) bond motifs is 1. The molecule has 1 fully saturated rings. The lowest BCUT2D eigenvalue weighted by atomic mass is 9.74. The summed E-state index contributed by atoms with van der Waals surface area (Å²) >= 11 is 3.53. The zero-order chi connectivity index (χ0) is 13.7. The van der Waals surface area contributed by atoms with Crippen molar-refractivity contribution in [3.63, 3.8) is 0 Å². The molecule has 2 aromatic rings. The van der Waals surface area contributed by atoms with Gasteiger partial charge in [-0.25, -0.2) is 9.97 Å². The maximum atomic E-state index is 6.51. The number of rotatable bonds is 1. The Balaban J connectivity index is 1.58. The van der Waals surface area contributed by atoms with Crippen molar-refractivity contribution < 1.29 is 0 Å². The van der Waals surface area contributed by atoms with Crippen molar-refractivity contribution in [2.24, 2.45) is 11.1 Å². The van der Waals surface area contributed by atoms with E-state index in [1.807, 2.05) is 6.07 Å². The molecule has 20 heavy (non-hydrogen) atoms. The largest absolute Gasteiger partial charge is 0.339 e. The standard InChI is InChI=1S/C15H15BrN4/c16-11-3-2-10-7-15(13(17)12(10)6-11)8-20(9-15)14-18-4-1-5-19-14/h1-6,13H,7-9,17H2. The molecule has 1 aromatic heterocycles. The second-order valence-electron chi connectivity index (χ2n) is 5.76. The van der Waals surface area contributed by atoms with Gasteiger partial charge in [0.2, 0.25) is 5.95 Å². The van der Waals surface area contributed by atoms with Crippen LogP contribution in [0.1, 0.15) is 17.2 Å². The molecule has 2 heterocycles. The zero-order valence-corrected chi connectivity index (χ0v) is 12.5. The minimum atomic E-state index is 0.106. The number of hydrogen-bond donors (Lipinski definition) is 1. The fraction of sp³-hybridized carbons (Fsp3) is 0.333. The van der Waals surface area contributed by atoms with E-state index in [1.54, 1.807) is 12.4 Å². The van der Waals surface area contributed by atoms with E-state index >= 15 is 0 Å². The summed E-state index contributed by atoms with van der Waals surface area (Å²) in [6.07, 6.45) is 4.63. The molecule has 1 aliphatic heterocycles. The van der Waals surface area contributed by atoms with E-state index in [4.69, 9.17) is 5.73 Å². The lowest BCUT2D eigenvalue weighted by Crippen LogP contribution is -2.60. The van der Waals surface area contributed by atoms with Gasteiger partial charge in [-0.05, 0) is 35.7 Å². The quantitative estimate of drug-likeness (QED) is 0.871. The fourth-order valence-corrected chi connectivity index (χ4v) is 3.83. The summed E-state index contributed by atoms with van der Waals surface area (Å²) in [5, 5.41) is 0. The third kappa shape index (κ3) is 1.70. The van der Waals surface area contributed by atoms with E-state index in [1.165, 1.54) is 11.1 Å². The van der Waals surface area contributed by atoms with Crippen LogP contribution in [0.3, 0.4) is 0 Å². The van der Waals surface area contributed by atoms with Gasteiger partial charge in [-0.15, -0.1) is 0 Å². The molecule has 1 atom stereocenters. The van der Waals surface area contributed by atoms with Gasteiger partial charge in [0.1, 0.15) is 0 Å². The topological polar surface area (TPSA) is 55.0 Å². The smallest absolute Gasteiger partial charge is 0.225 e. The van der Waals surface area contributed by atoms with Crippen molar-refractivity contribution in [1.29, 1.82) is 0 Å². The van der Waals surface area contributed by atoms with Crippen LogP contribution in [0.15, 0.2) is 41.1 Å². The SMILES string of the molecule is NC1c2cc(Br)ccc2CC12CN(c1ncccn1)C2. The van der Waals surface area contributed by atoms with Crippen LogP contribution in [0, 0.1) is 5.41 Å². The molecule has 0 radical (unpaired) electrons. The first kappa shape index (κ1) is 12.3. The Labute approximate surface area is 126 Å². The van der Waals surface area contributed by atoms with E-state index in [0.717, 1.165) is 29.9 Å². The molecule has 1 aromatic carbocycles. The lowest BCUT2D eigenvalue weighted by molar-refractivity contribution is 0.180. The molecule has 2 aliphatic rings. The first-order chi connectivity index (χ1) is 9.68. The Hall–Kier alpha value is -1.46. The van der Waals surface area contributed by atoms with Crippen molar-refractivity contribution in [2.75, 3.05) is 18.0 Å². The number of nitrogens with two attached hydrogens (primary N) is 1. The van der Waals surface area contributed by atoms with Gasteiger partial charge in [-0.3, -0.25) is 0 Å². The number of anilines is 1. The molecule has 0 amide bonds. The summed E-state index contributed by atoms with van der Waals surface area (Å²) in [4.78, 5) is 10.8. The predicted molar refractivity (Wildman–Crippen MR) is 81.5 cm³/mol. The fourth-order valence-electron chi connectivity index (χ4n) is 3.45. The second-order valence-corrected chi connectivity index (χ2v) is 6.68. The Kier molecular flexibility index (Phi) is 2.62. The number of halogens is 1. The van der Waals surface area contributed by atoms with Gasteiger partial charge in [0.25, 0.3) is 0 Å². The third-order valence-electron chi connectivity index (χ3n) is 4.49. The summed E-state index contributed by atoms with van der Waals surface area (Å²) < 4.78 is 1.10. The van der Waals surface area contributed by atoms with Crippen LogP contribution in [-0.4, -0.2) is 23.1 Å². The van der Waals surface area contributed by atoms with Crippen molar-refractivity contribution in [3.8, 4) is 0 Å².